The number of fused-ring (bicyclic) bond motifs is 1. The Balaban J connectivity index is 1.28. The number of rotatable bonds is 8. The molecule has 1 aliphatic heterocycles. The second kappa shape index (κ2) is 9.91. The van der Waals surface area contributed by atoms with Gasteiger partial charge in [-0.15, -0.1) is 0 Å². The number of benzene rings is 1. The van der Waals surface area contributed by atoms with E-state index in [1.165, 1.54) is 13.0 Å². The Hall–Kier alpha value is -3.26. The summed E-state index contributed by atoms with van der Waals surface area (Å²) in [4.78, 5) is 37.3. The van der Waals surface area contributed by atoms with Crippen molar-refractivity contribution < 1.29 is 13.9 Å². The second-order valence-electron chi connectivity index (χ2n) is 8.07. The summed E-state index contributed by atoms with van der Waals surface area (Å²) in [5.74, 6) is 1.22. The van der Waals surface area contributed by atoms with E-state index in [1.54, 1.807) is 18.5 Å². The van der Waals surface area contributed by atoms with E-state index in [4.69, 9.17) is 9.15 Å². The van der Waals surface area contributed by atoms with Gasteiger partial charge in [-0.25, -0.2) is 9.78 Å². The number of ketones is 1. The molecule has 1 saturated heterocycles. The smallest absolute Gasteiger partial charge is 0.336 e. The maximum Gasteiger partial charge on any atom is 0.336 e. The average Bonchev–Trinajstić information content (AvgIpc) is 2.79. The van der Waals surface area contributed by atoms with Crippen LogP contribution in [0.3, 0.4) is 0 Å². The molecule has 0 atom stereocenters. The lowest BCUT2D eigenvalue weighted by molar-refractivity contribution is 0.101. The van der Waals surface area contributed by atoms with Gasteiger partial charge >= 0.3 is 5.63 Å². The van der Waals surface area contributed by atoms with Crippen LogP contribution in [-0.2, 0) is 0 Å². The van der Waals surface area contributed by atoms with Crippen molar-refractivity contribution in [2.75, 3.05) is 44.2 Å². The third-order valence-electron chi connectivity index (χ3n) is 5.81. The van der Waals surface area contributed by atoms with E-state index < -0.39 is 5.63 Å². The molecule has 8 heteroatoms. The molecule has 0 aliphatic carbocycles. The van der Waals surface area contributed by atoms with Crippen LogP contribution < -0.4 is 15.3 Å². The van der Waals surface area contributed by atoms with Crippen molar-refractivity contribution in [1.82, 2.24) is 14.9 Å². The zero-order chi connectivity index (χ0) is 22.5. The first-order chi connectivity index (χ1) is 15.5. The first kappa shape index (κ1) is 22.0. The Morgan fingerprint density at radius 1 is 1.16 bits per heavy atom. The third-order valence-corrected chi connectivity index (χ3v) is 5.81. The molecule has 168 valence electrons. The van der Waals surface area contributed by atoms with Crippen molar-refractivity contribution in [2.45, 2.75) is 26.7 Å². The number of unbranched alkanes of at least 4 members (excludes halogenated alkanes) is 1. The lowest BCUT2D eigenvalue weighted by atomic mass is 10.0. The number of hydrogen-bond acceptors (Lipinski definition) is 8. The number of hydrogen-bond donors (Lipinski definition) is 0. The molecule has 1 aromatic carbocycles. The zero-order valence-corrected chi connectivity index (χ0v) is 18.5. The number of carbonyl (C=O) groups excluding carboxylic acids is 1. The van der Waals surface area contributed by atoms with Gasteiger partial charge in [0.25, 0.3) is 0 Å². The van der Waals surface area contributed by atoms with E-state index in [0.29, 0.717) is 23.5 Å². The van der Waals surface area contributed by atoms with Crippen molar-refractivity contribution in [3.05, 3.63) is 58.3 Å². The summed E-state index contributed by atoms with van der Waals surface area (Å²) in [5.41, 5.74) is 0.961. The number of anilines is 1. The number of carbonyl (C=O) groups is 1. The van der Waals surface area contributed by atoms with E-state index >= 15 is 0 Å². The molecule has 32 heavy (non-hydrogen) atoms. The van der Waals surface area contributed by atoms with Gasteiger partial charge in [-0.05, 0) is 50.9 Å². The van der Waals surface area contributed by atoms with E-state index in [2.05, 4.69) is 19.8 Å². The first-order valence-electron chi connectivity index (χ1n) is 11.0. The van der Waals surface area contributed by atoms with Crippen LogP contribution in [0.5, 0.6) is 5.75 Å². The van der Waals surface area contributed by atoms with Crippen molar-refractivity contribution >= 4 is 22.6 Å². The number of nitrogens with zero attached hydrogens (tertiary/aromatic N) is 4. The summed E-state index contributed by atoms with van der Waals surface area (Å²) < 4.78 is 11.3. The summed E-state index contributed by atoms with van der Waals surface area (Å²) in [7, 11) is 0. The number of Topliss-reactive ketones (excluding diaryl/α,β-unsaturated/α-hetero) is 1. The molecule has 0 amide bonds. The van der Waals surface area contributed by atoms with Crippen LogP contribution in [0, 0.1) is 6.92 Å². The second-order valence-corrected chi connectivity index (χ2v) is 8.07. The first-order valence-corrected chi connectivity index (χ1v) is 11.0. The molecule has 8 nitrogen and oxygen atoms in total. The normalized spacial score (nSPS) is 14.6. The van der Waals surface area contributed by atoms with Gasteiger partial charge in [0, 0.05) is 50.0 Å². The van der Waals surface area contributed by atoms with Gasteiger partial charge in [-0.1, -0.05) is 0 Å². The van der Waals surface area contributed by atoms with E-state index in [-0.39, 0.29) is 5.78 Å². The van der Waals surface area contributed by atoms with E-state index in [1.807, 2.05) is 19.2 Å². The predicted octanol–water partition coefficient (Wildman–Crippen LogP) is 3.08. The van der Waals surface area contributed by atoms with Crippen LogP contribution >= 0.6 is 0 Å². The minimum Gasteiger partial charge on any atom is -0.493 e. The molecule has 0 spiro atoms. The highest BCUT2D eigenvalue weighted by Gasteiger charge is 2.19. The number of ether oxygens (including phenoxy) is 1. The molecule has 0 N–H and O–H groups in total. The average molecular weight is 437 g/mol. The SMILES string of the molecule is CC(=O)c1c(OCCCCN2CCN(c3cnccn3)CC2)ccc2c(C)cc(=O)oc12. The summed E-state index contributed by atoms with van der Waals surface area (Å²) in [6, 6.07) is 5.06. The Bertz CT molecular complexity index is 1140. The largest absolute Gasteiger partial charge is 0.493 e. The fourth-order valence-corrected chi connectivity index (χ4v) is 4.09. The molecule has 2 aromatic heterocycles. The van der Waals surface area contributed by atoms with Crippen molar-refractivity contribution in [2.24, 2.45) is 0 Å². The van der Waals surface area contributed by atoms with Gasteiger partial charge in [0.15, 0.2) is 11.4 Å². The third kappa shape index (κ3) is 4.96. The summed E-state index contributed by atoms with van der Waals surface area (Å²) in [6.07, 6.45) is 7.10. The maximum absolute atomic E-state index is 12.3. The Labute approximate surface area is 186 Å². The molecule has 0 unspecified atom stereocenters. The fourth-order valence-electron chi connectivity index (χ4n) is 4.09. The summed E-state index contributed by atoms with van der Waals surface area (Å²) >= 11 is 0. The summed E-state index contributed by atoms with van der Waals surface area (Å²) in [5, 5.41) is 0.753. The van der Waals surface area contributed by atoms with E-state index in [0.717, 1.165) is 62.3 Å². The van der Waals surface area contributed by atoms with Crippen molar-refractivity contribution in [3.63, 3.8) is 0 Å². The van der Waals surface area contributed by atoms with Gasteiger partial charge in [0.05, 0.1) is 12.8 Å². The van der Waals surface area contributed by atoms with Crippen molar-refractivity contribution in [1.29, 1.82) is 0 Å². The monoisotopic (exact) mass is 436 g/mol. The van der Waals surface area contributed by atoms with Gasteiger partial charge < -0.3 is 14.1 Å². The van der Waals surface area contributed by atoms with E-state index in [9.17, 15) is 9.59 Å². The van der Waals surface area contributed by atoms with Crippen LogP contribution in [0.15, 0.2) is 46.0 Å². The number of piperazine rings is 1. The summed E-state index contributed by atoms with van der Waals surface area (Å²) in [6.45, 7) is 8.67. The minimum absolute atomic E-state index is 0.180. The molecule has 1 aliphatic rings. The quantitative estimate of drug-likeness (QED) is 0.302. The highest BCUT2D eigenvalue weighted by atomic mass is 16.5. The highest BCUT2D eigenvalue weighted by molar-refractivity contribution is 6.07. The van der Waals surface area contributed by atoms with Gasteiger partial charge in [0.2, 0.25) is 0 Å². The standard InChI is InChI=1S/C24H28N4O4/c1-17-15-22(30)32-24-19(17)5-6-20(23(24)18(2)29)31-14-4-3-9-27-10-12-28(13-11-27)21-16-25-7-8-26-21/h5-8,15-16H,3-4,9-14H2,1-2H3. The molecule has 0 saturated carbocycles. The van der Waals surface area contributed by atoms with Crippen molar-refractivity contribution in [3.8, 4) is 5.75 Å². The lowest BCUT2D eigenvalue weighted by Gasteiger charge is -2.35. The highest BCUT2D eigenvalue weighted by Crippen LogP contribution is 2.29. The van der Waals surface area contributed by atoms with Crippen LogP contribution in [0.4, 0.5) is 5.82 Å². The predicted molar refractivity (Wildman–Crippen MR) is 123 cm³/mol. The molecular formula is C24H28N4O4. The molecular weight excluding hydrogens is 408 g/mol. The topological polar surface area (TPSA) is 88.8 Å². The molecule has 3 aromatic rings. The molecule has 4 rings (SSSR count). The van der Waals surface area contributed by atoms with Gasteiger partial charge in [0.1, 0.15) is 17.1 Å². The van der Waals surface area contributed by atoms with Crippen LogP contribution in [0.1, 0.15) is 35.7 Å². The maximum atomic E-state index is 12.3. The molecule has 0 bridgehead atoms. The Morgan fingerprint density at radius 2 is 1.97 bits per heavy atom. The number of aromatic nitrogens is 2. The minimum atomic E-state index is -0.464. The lowest BCUT2D eigenvalue weighted by Crippen LogP contribution is -2.47. The Morgan fingerprint density at radius 3 is 2.69 bits per heavy atom. The Kier molecular flexibility index (Phi) is 6.80. The fraction of sp³-hybridized carbons (Fsp3) is 0.417. The molecule has 3 heterocycles. The van der Waals surface area contributed by atoms with Gasteiger partial charge in [-0.2, -0.15) is 0 Å². The van der Waals surface area contributed by atoms with Crippen LogP contribution in [-0.4, -0.2) is 60.0 Å². The molecule has 0 radical (unpaired) electrons. The zero-order valence-electron chi connectivity index (χ0n) is 18.5. The van der Waals surface area contributed by atoms with Crippen LogP contribution in [0.2, 0.25) is 0 Å². The van der Waals surface area contributed by atoms with Crippen LogP contribution in [0.25, 0.3) is 11.0 Å². The van der Waals surface area contributed by atoms with Gasteiger partial charge in [-0.3, -0.25) is 14.7 Å². The number of aryl methyl sites for hydroxylation is 1. The molecule has 1 fully saturated rings.